The lowest BCUT2D eigenvalue weighted by atomic mass is 10.1. The quantitative estimate of drug-likeness (QED) is 0.481. The first kappa shape index (κ1) is 22.4. The van der Waals surface area contributed by atoms with Gasteiger partial charge in [0.25, 0.3) is 5.56 Å². The van der Waals surface area contributed by atoms with Crippen molar-refractivity contribution in [1.29, 1.82) is 0 Å². The highest BCUT2D eigenvalue weighted by atomic mass is 16.5. The Kier molecular flexibility index (Phi) is 7.16. The molecular formula is C23H31N5O4. The topological polar surface area (TPSA) is 104 Å². The van der Waals surface area contributed by atoms with E-state index < -0.39 is 0 Å². The fraction of sp³-hybridized carbons (Fsp3) is 0.565. The van der Waals surface area contributed by atoms with Crippen LogP contribution in [0.1, 0.15) is 56.9 Å². The second kappa shape index (κ2) is 10.2. The molecule has 1 N–H and O–H groups in total. The Morgan fingerprint density at radius 1 is 1.28 bits per heavy atom. The summed E-state index contributed by atoms with van der Waals surface area (Å²) in [7, 11) is 1.64. The molecule has 0 aliphatic carbocycles. The third-order valence-corrected chi connectivity index (χ3v) is 5.71. The summed E-state index contributed by atoms with van der Waals surface area (Å²) in [5.74, 6) is 0.898. The molecule has 32 heavy (non-hydrogen) atoms. The molecule has 3 aromatic rings. The van der Waals surface area contributed by atoms with Gasteiger partial charge in [0.1, 0.15) is 11.3 Å². The van der Waals surface area contributed by atoms with Crippen LogP contribution in [-0.2, 0) is 22.4 Å². The van der Waals surface area contributed by atoms with Gasteiger partial charge in [0, 0.05) is 25.5 Å². The van der Waals surface area contributed by atoms with Crippen molar-refractivity contribution in [2.75, 3.05) is 26.9 Å². The number of pyridine rings is 1. The van der Waals surface area contributed by atoms with Gasteiger partial charge in [0.05, 0.1) is 37.1 Å². The number of methoxy groups -OCH3 is 1. The molecule has 4 rings (SSSR count). The summed E-state index contributed by atoms with van der Waals surface area (Å²) in [5.41, 5.74) is 3.19. The lowest BCUT2D eigenvalue weighted by Crippen LogP contribution is -2.12. The minimum Gasteiger partial charge on any atom is -0.477 e. The fourth-order valence-corrected chi connectivity index (χ4v) is 3.99. The van der Waals surface area contributed by atoms with Gasteiger partial charge in [-0.1, -0.05) is 20.3 Å². The molecule has 1 aliphatic heterocycles. The van der Waals surface area contributed by atoms with Gasteiger partial charge in [-0.25, -0.2) is 9.97 Å². The molecule has 1 saturated heterocycles. The number of fused-ring (bicyclic) bond motifs is 1. The summed E-state index contributed by atoms with van der Waals surface area (Å²) in [6.45, 7) is 6.51. The molecule has 0 radical (unpaired) electrons. The first-order valence-electron chi connectivity index (χ1n) is 11.4. The van der Waals surface area contributed by atoms with Crippen LogP contribution in [0.5, 0.6) is 5.88 Å². The Hall–Kier alpha value is -2.78. The molecule has 0 bridgehead atoms. The zero-order valence-corrected chi connectivity index (χ0v) is 19.0. The normalized spacial score (nSPS) is 16.2. The molecule has 1 unspecified atom stereocenters. The van der Waals surface area contributed by atoms with Gasteiger partial charge in [0.15, 0.2) is 5.52 Å². The van der Waals surface area contributed by atoms with E-state index in [4.69, 9.17) is 19.2 Å². The predicted octanol–water partition coefficient (Wildman–Crippen LogP) is 3.42. The van der Waals surface area contributed by atoms with Crippen molar-refractivity contribution in [3.63, 3.8) is 0 Å². The molecule has 3 aromatic heterocycles. The molecule has 4 heterocycles. The Bertz CT molecular complexity index is 1120. The number of aromatic nitrogens is 5. The molecule has 1 atom stereocenters. The highest BCUT2D eigenvalue weighted by Gasteiger charge is 2.23. The summed E-state index contributed by atoms with van der Waals surface area (Å²) in [5, 5.41) is 4.48. The van der Waals surface area contributed by atoms with E-state index in [1.165, 1.54) is 0 Å². The summed E-state index contributed by atoms with van der Waals surface area (Å²) in [4.78, 5) is 25.2. The molecule has 0 aromatic carbocycles. The molecule has 0 amide bonds. The van der Waals surface area contributed by atoms with Gasteiger partial charge in [-0.05, 0) is 31.7 Å². The Morgan fingerprint density at radius 3 is 2.88 bits per heavy atom. The lowest BCUT2D eigenvalue weighted by molar-refractivity contribution is 0.111. The molecule has 9 nitrogen and oxygen atoms in total. The minimum absolute atomic E-state index is 0.00407. The first-order chi connectivity index (χ1) is 15.7. The predicted molar refractivity (Wildman–Crippen MR) is 121 cm³/mol. The van der Waals surface area contributed by atoms with Crippen molar-refractivity contribution < 1.29 is 14.2 Å². The summed E-state index contributed by atoms with van der Waals surface area (Å²) >= 11 is 0. The maximum atomic E-state index is 13.0. The number of ether oxygens (including phenoxy) is 3. The molecule has 1 aliphatic rings. The number of nitrogens with zero attached hydrogens (tertiary/aromatic N) is 4. The monoisotopic (exact) mass is 441 g/mol. The first-order valence-corrected chi connectivity index (χ1v) is 11.4. The number of unbranched alkanes of at least 4 members (excludes halogenated alkanes) is 1. The molecule has 0 saturated carbocycles. The van der Waals surface area contributed by atoms with Crippen LogP contribution in [0.2, 0.25) is 0 Å². The van der Waals surface area contributed by atoms with Crippen molar-refractivity contribution in [2.24, 2.45) is 0 Å². The van der Waals surface area contributed by atoms with E-state index in [0.29, 0.717) is 54.5 Å². The van der Waals surface area contributed by atoms with Crippen molar-refractivity contribution in [3.8, 4) is 17.3 Å². The standard InChI is InChI=1S/C23H31N5O4/c1-4-6-10-32-23-16(13-15(14-24-23)18-8-7-11-31-18)21-25-19-17(5-2)28(9-12-30-3)27-20(19)22(29)26-21/h13-14,18H,4-12H2,1-3H3,(H,25,26,29). The molecule has 1 fully saturated rings. The average molecular weight is 442 g/mol. The van der Waals surface area contributed by atoms with E-state index in [-0.39, 0.29) is 11.7 Å². The maximum Gasteiger partial charge on any atom is 0.279 e. The number of rotatable bonds is 10. The number of hydrogen-bond donors (Lipinski definition) is 1. The van der Waals surface area contributed by atoms with Gasteiger partial charge < -0.3 is 19.2 Å². The van der Waals surface area contributed by atoms with Gasteiger partial charge in [-0.2, -0.15) is 5.10 Å². The van der Waals surface area contributed by atoms with Crippen LogP contribution in [0.3, 0.4) is 0 Å². The molecule has 9 heteroatoms. The van der Waals surface area contributed by atoms with Crippen LogP contribution in [-0.4, -0.2) is 51.7 Å². The van der Waals surface area contributed by atoms with E-state index in [0.717, 1.165) is 43.5 Å². The van der Waals surface area contributed by atoms with Crippen LogP contribution in [0.15, 0.2) is 17.1 Å². The van der Waals surface area contributed by atoms with Crippen LogP contribution in [0.4, 0.5) is 0 Å². The van der Waals surface area contributed by atoms with E-state index in [1.807, 2.05) is 13.0 Å². The van der Waals surface area contributed by atoms with E-state index in [2.05, 4.69) is 22.0 Å². The zero-order valence-electron chi connectivity index (χ0n) is 19.0. The Labute approximate surface area is 187 Å². The number of nitrogens with one attached hydrogen (secondary N) is 1. The molecule has 172 valence electrons. The average Bonchev–Trinajstić information content (AvgIpc) is 3.46. The van der Waals surface area contributed by atoms with Crippen molar-refractivity contribution in [3.05, 3.63) is 33.9 Å². The molecular weight excluding hydrogens is 410 g/mol. The SMILES string of the molecule is CCCCOc1ncc(C2CCCO2)cc1-c1nc2c(CC)n(CCOC)nc2c(=O)[nH]1. The van der Waals surface area contributed by atoms with Crippen LogP contribution in [0, 0.1) is 0 Å². The van der Waals surface area contributed by atoms with Gasteiger partial charge >= 0.3 is 0 Å². The van der Waals surface area contributed by atoms with Crippen LogP contribution < -0.4 is 10.3 Å². The highest BCUT2D eigenvalue weighted by molar-refractivity contribution is 5.79. The summed E-state index contributed by atoms with van der Waals surface area (Å²) in [6.07, 6.45) is 6.42. The third-order valence-electron chi connectivity index (χ3n) is 5.71. The number of aromatic amines is 1. The third kappa shape index (κ3) is 4.54. The smallest absolute Gasteiger partial charge is 0.279 e. The van der Waals surface area contributed by atoms with E-state index >= 15 is 0 Å². The second-order valence-electron chi connectivity index (χ2n) is 7.95. The summed E-state index contributed by atoms with van der Waals surface area (Å²) in [6, 6.07) is 1.98. The van der Waals surface area contributed by atoms with Crippen LogP contribution in [0.25, 0.3) is 22.4 Å². The molecule has 0 spiro atoms. The van der Waals surface area contributed by atoms with Crippen molar-refractivity contribution in [2.45, 2.75) is 58.6 Å². The zero-order chi connectivity index (χ0) is 22.5. The van der Waals surface area contributed by atoms with Gasteiger partial charge in [-0.3, -0.25) is 9.48 Å². The maximum absolute atomic E-state index is 13.0. The lowest BCUT2D eigenvalue weighted by Gasteiger charge is -2.14. The van der Waals surface area contributed by atoms with Gasteiger partial charge in [-0.15, -0.1) is 0 Å². The largest absolute Gasteiger partial charge is 0.477 e. The van der Waals surface area contributed by atoms with E-state index in [1.54, 1.807) is 18.0 Å². The van der Waals surface area contributed by atoms with Crippen molar-refractivity contribution >= 4 is 11.0 Å². The van der Waals surface area contributed by atoms with Gasteiger partial charge in [0.2, 0.25) is 5.88 Å². The Balaban J connectivity index is 1.81. The summed E-state index contributed by atoms with van der Waals surface area (Å²) < 4.78 is 18.8. The van der Waals surface area contributed by atoms with Crippen molar-refractivity contribution in [1.82, 2.24) is 24.7 Å². The highest BCUT2D eigenvalue weighted by Crippen LogP contribution is 2.34. The van der Waals surface area contributed by atoms with E-state index in [9.17, 15) is 4.79 Å². The second-order valence-corrected chi connectivity index (χ2v) is 7.95. The number of H-pyrrole nitrogens is 1. The van der Waals surface area contributed by atoms with Crippen LogP contribution >= 0.6 is 0 Å². The minimum atomic E-state index is -0.280. The number of hydrogen-bond acceptors (Lipinski definition) is 7. The fourth-order valence-electron chi connectivity index (χ4n) is 3.99. The Morgan fingerprint density at radius 2 is 2.16 bits per heavy atom. The number of aryl methyl sites for hydroxylation is 1.